The van der Waals surface area contributed by atoms with Gasteiger partial charge in [-0.05, 0) is 18.8 Å². The van der Waals surface area contributed by atoms with Gasteiger partial charge in [-0.1, -0.05) is 150 Å². The fraction of sp³-hybridized carbons (Fsp3) is 0.867. The van der Waals surface area contributed by atoms with Crippen molar-refractivity contribution in [2.75, 3.05) is 0 Å². The molecule has 0 bridgehead atoms. The molecule has 176 valence electrons. The van der Waals surface area contributed by atoms with Gasteiger partial charge >= 0.3 is 0 Å². The van der Waals surface area contributed by atoms with E-state index in [-0.39, 0.29) is 0 Å². The number of unbranched alkanes of at least 4 members (excludes halogenated alkanes) is 16. The maximum absolute atomic E-state index is 3.92. The van der Waals surface area contributed by atoms with Crippen molar-refractivity contribution in [1.82, 2.24) is 0 Å². The molecule has 2 unspecified atom stereocenters. The van der Waals surface area contributed by atoms with Gasteiger partial charge in [-0.15, -0.1) is 11.8 Å². The molecular formula is C30H56. The van der Waals surface area contributed by atoms with Crippen molar-refractivity contribution in [2.45, 2.75) is 155 Å². The molecule has 0 aromatic heterocycles. The van der Waals surface area contributed by atoms with Crippen molar-refractivity contribution < 1.29 is 0 Å². The average Bonchev–Trinajstić information content (AvgIpc) is 2.74. The lowest BCUT2D eigenvalue weighted by Gasteiger charge is -2.10. The first-order chi connectivity index (χ1) is 14.7. The van der Waals surface area contributed by atoms with Crippen molar-refractivity contribution in [3.05, 3.63) is 13.8 Å². The van der Waals surface area contributed by atoms with E-state index in [0.717, 1.165) is 25.2 Å². The first kappa shape index (κ1) is 29.6. The van der Waals surface area contributed by atoms with Crippen LogP contribution >= 0.6 is 0 Å². The van der Waals surface area contributed by atoms with Crippen LogP contribution in [-0.2, 0) is 0 Å². The highest BCUT2D eigenvalue weighted by Crippen LogP contribution is 2.18. The molecule has 0 saturated carbocycles. The summed E-state index contributed by atoms with van der Waals surface area (Å²) in [5, 5.41) is 0. The van der Waals surface area contributed by atoms with E-state index in [1.54, 1.807) is 0 Å². The van der Waals surface area contributed by atoms with E-state index in [1.165, 1.54) is 122 Å². The Kier molecular flexibility index (Phi) is 24.5. The van der Waals surface area contributed by atoms with Gasteiger partial charge in [0.15, 0.2) is 0 Å². The van der Waals surface area contributed by atoms with Gasteiger partial charge in [-0.2, -0.15) is 0 Å². The Bertz CT molecular complexity index is 371. The van der Waals surface area contributed by atoms with Gasteiger partial charge < -0.3 is 0 Å². The molecule has 0 saturated heterocycles. The molecule has 0 aromatic carbocycles. The zero-order chi connectivity index (χ0) is 22.1. The van der Waals surface area contributed by atoms with Gasteiger partial charge in [0.2, 0.25) is 0 Å². The fourth-order valence-electron chi connectivity index (χ4n) is 4.23. The van der Waals surface area contributed by atoms with Gasteiger partial charge in [0.25, 0.3) is 0 Å². The van der Waals surface area contributed by atoms with Crippen LogP contribution in [0.3, 0.4) is 0 Å². The average molecular weight is 417 g/mol. The predicted molar refractivity (Wildman–Crippen MR) is 138 cm³/mol. The van der Waals surface area contributed by atoms with E-state index in [0.29, 0.717) is 5.92 Å². The molecule has 2 radical (unpaired) electrons. The minimum atomic E-state index is 0.588. The SMILES string of the molecule is [CH2]CCCCCCCCCCCC(C)CCCCC#CC(C)CCCCCCC[CH2]. The lowest BCUT2D eigenvalue weighted by molar-refractivity contribution is 0.438. The Morgan fingerprint density at radius 1 is 0.500 bits per heavy atom. The molecule has 0 N–H and O–H groups in total. The Morgan fingerprint density at radius 3 is 1.40 bits per heavy atom. The van der Waals surface area contributed by atoms with E-state index >= 15 is 0 Å². The second-order valence-electron chi connectivity index (χ2n) is 9.81. The predicted octanol–water partition coefficient (Wildman–Crippen LogP) is 10.5. The van der Waals surface area contributed by atoms with Crippen LogP contribution < -0.4 is 0 Å². The normalized spacial score (nSPS) is 13.1. The van der Waals surface area contributed by atoms with Crippen LogP contribution in [-0.4, -0.2) is 0 Å². The summed E-state index contributed by atoms with van der Waals surface area (Å²) in [4.78, 5) is 0. The summed E-state index contributed by atoms with van der Waals surface area (Å²) in [5.74, 6) is 8.42. The van der Waals surface area contributed by atoms with Gasteiger partial charge in [0.05, 0.1) is 0 Å². The quantitative estimate of drug-likeness (QED) is 0.122. The Labute approximate surface area is 192 Å². The molecular weight excluding hydrogens is 360 g/mol. The molecule has 0 heteroatoms. The highest BCUT2D eigenvalue weighted by molar-refractivity contribution is 5.02. The van der Waals surface area contributed by atoms with Crippen molar-refractivity contribution in [3.8, 4) is 11.8 Å². The van der Waals surface area contributed by atoms with E-state index < -0.39 is 0 Å². The molecule has 30 heavy (non-hydrogen) atoms. The van der Waals surface area contributed by atoms with Crippen LogP contribution in [0.25, 0.3) is 0 Å². The fourth-order valence-corrected chi connectivity index (χ4v) is 4.23. The minimum Gasteiger partial charge on any atom is -0.103 e. The number of hydrogen-bond donors (Lipinski definition) is 0. The second-order valence-corrected chi connectivity index (χ2v) is 9.81. The molecule has 2 atom stereocenters. The number of hydrogen-bond acceptors (Lipinski definition) is 0. The molecule has 0 rings (SSSR count). The van der Waals surface area contributed by atoms with Gasteiger partial charge in [0, 0.05) is 12.3 Å². The highest BCUT2D eigenvalue weighted by Gasteiger charge is 2.02. The zero-order valence-electron chi connectivity index (χ0n) is 21.1. The van der Waals surface area contributed by atoms with Crippen molar-refractivity contribution in [1.29, 1.82) is 0 Å². The summed E-state index contributed by atoms with van der Waals surface area (Å²) in [5.41, 5.74) is 0. The first-order valence-electron chi connectivity index (χ1n) is 13.8. The smallest absolute Gasteiger partial charge is 0.0174 e. The number of rotatable bonds is 22. The van der Waals surface area contributed by atoms with E-state index in [4.69, 9.17) is 0 Å². The van der Waals surface area contributed by atoms with Crippen LogP contribution in [0.5, 0.6) is 0 Å². The molecule has 0 nitrogen and oxygen atoms in total. The summed E-state index contributed by atoms with van der Waals surface area (Å²) in [6.07, 6.45) is 29.7. The topological polar surface area (TPSA) is 0 Å². The molecule has 0 aromatic rings. The zero-order valence-corrected chi connectivity index (χ0v) is 21.1. The van der Waals surface area contributed by atoms with E-state index in [1.807, 2.05) is 0 Å². The second kappa shape index (κ2) is 24.8. The molecule has 0 aliphatic carbocycles. The van der Waals surface area contributed by atoms with Crippen LogP contribution in [0.4, 0.5) is 0 Å². The van der Waals surface area contributed by atoms with Gasteiger partial charge in [-0.3, -0.25) is 0 Å². The summed E-state index contributed by atoms with van der Waals surface area (Å²) in [6.45, 7) is 12.6. The Hall–Kier alpha value is -0.440. The standard InChI is InChI=1S/C30H56/c1-5-7-9-11-13-14-15-16-18-22-26-30(4)28-24-20-19-23-27-29(3)25-21-17-12-10-8-6-2/h29-30H,1-2,5-22,24-26,28H2,3-4H3. The molecule has 0 fully saturated rings. The third-order valence-corrected chi connectivity index (χ3v) is 6.43. The summed E-state index contributed by atoms with van der Waals surface area (Å²) >= 11 is 0. The largest absolute Gasteiger partial charge is 0.103 e. The van der Waals surface area contributed by atoms with Crippen molar-refractivity contribution in [3.63, 3.8) is 0 Å². The lowest BCUT2D eigenvalue weighted by Crippen LogP contribution is -1.95. The third kappa shape index (κ3) is 23.8. The summed E-state index contributed by atoms with van der Waals surface area (Å²) < 4.78 is 0. The van der Waals surface area contributed by atoms with Gasteiger partial charge in [0.1, 0.15) is 0 Å². The molecule has 0 aliphatic heterocycles. The van der Waals surface area contributed by atoms with Crippen molar-refractivity contribution >= 4 is 0 Å². The van der Waals surface area contributed by atoms with E-state index in [9.17, 15) is 0 Å². The summed E-state index contributed by atoms with van der Waals surface area (Å²) in [6, 6.07) is 0. The molecule has 0 amide bonds. The first-order valence-corrected chi connectivity index (χ1v) is 13.8. The Morgan fingerprint density at radius 2 is 0.900 bits per heavy atom. The van der Waals surface area contributed by atoms with Crippen LogP contribution in [0.2, 0.25) is 0 Å². The molecule has 0 aliphatic rings. The molecule has 0 heterocycles. The lowest BCUT2D eigenvalue weighted by atomic mass is 9.96. The minimum absolute atomic E-state index is 0.588. The monoisotopic (exact) mass is 416 g/mol. The maximum atomic E-state index is 3.92. The maximum Gasteiger partial charge on any atom is 0.0174 e. The van der Waals surface area contributed by atoms with Crippen molar-refractivity contribution in [2.24, 2.45) is 11.8 Å². The van der Waals surface area contributed by atoms with Crippen LogP contribution in [0, 0.1) is 37.5 Å². The summed E-state index contributed by atoms with van der Waals surface area (Å²) in [7, 11) is 0. The molecule has 0 spiro atoms. The Balaban J connectivity index is 3.37. The van der Waals surface area contributed by atoms with Crippen LogP contribution in [0.15, 0.2) is 0 Å². The third-order valence-electron chi connectivity index (χ3n) is 6.43. The van der Waals surface area contributed by atoms with Gasteiger partial charge in [-0.25, -0.2) is 0 Å². The van der Waals surface area contributed by atoms with E-state index in [2.05, 4.69) is 39.5 Å². The van der Waals surface area contributed by atoms with Crippen LogP contribution in [0.1, 0.15) is 155 Å². The highest BCUT2D eigenvalue weighted by atomic mass is 14.1.